The topological polar surface area (TPSA) is 0 Å². The van der Waals surface area contributed by atoms with Crippen LogP contribution >= 0.6 is 0 Å². The van der Waals surface area contributed by atoms with Crippen molar-refractivity contribution in [1.82, 2.24) is 0 Å². The van der Waals surface area contributed by atoms with Crippen molar-refractivity contribution in [2.45, 2.75) is 77.6 Å². The Morgan fingerprint density at radius 1 is 0.800 bits per heavy atom. The summed E-state index contributed by atoms with van der Waals surface area (Å²) >= 11 is 0. The van der Waals surface area contributed by atoms with Crippen LogP contribution in [0.3, 0.4) is 0 Å². The fourth-order valence-electron chi connectivity index (χ4n) is 4.48. The van der Waals surface area contributed by atoms with Gasteiger partial charge in [0.25, 0.3) is 0 Å². The minimum atomic E-state index is 0.754. The SMILES string of the molecule is CCCCCC1CCC(c2ccccc2-c2ccc(CC)cc2)CC1. The fourth-order valence-corrected chi connectivity index (χ4v) is 4.48. The van der Waals surface area contributed by atoms with Gasteiger partial charge in [-0.3, -0.25) is 0 Å². The summed E-state index contributed by atoms with van der Waals surface area (Å²) in [5.74, 6) is 1.74. The van der Waals surface area contributed by atoms with Crippen molar-refractivity contribution in [3.05, 3.63) is 59.7 Å². The van der Waals surface area contributed by atoms with Crippen molar-refractivity contribution >= 4 is 0 Å². The molecule has 2 aromatic rings. The van der Waals surface area contributed by atoms with Crippen molar-refractivity contribution in [3.63, 3.8) is 0 Å². The first-order valence-electron chi connectivity index (χ1n) is 10.5. The molecule has 25 heavy (non-hydrogen) atoms. The molecule has 0 N–H and O–H groups in total. The second kappa shape index (κ2) is 9.22. The van der Waals surface area contributed by atoms with E-state index in [1.807, 2.05) is 0 Å². The molecule has 2 aromatic carbocycles. The van der Waals surface area contributed by atoms with Gasteiger partial charge >= 0.3 is 0 Å². The molecule has 1 aliphatic rings. The van der Waals surface area contributed by atoms with Crippen LogP contribution in [0.2, 0.25) is 0 Å². The molecular weight excluding hydrogens is 300 g/mol. The monoisotopic (exact) mass is 334 g/mol. The van der Waals surface area contributed by atoms with E-state index in [0.717, 1.165) is 18.3 Å². The molecule has 0 heterocycles. The van der Waals surface area contributed by atoms with Gasteiger partial charge in [-0.05, 0) is 66.2 Å². The van der Waals surface area contributed by atoms with Gasteiger partial charge in [0.05, 0.1) is 0 Å². The smallest absolute Gasteiger partial charge is 0.0149 e. The molecule has 0 atom stereocenters. The second-order valence-electron chi connectivity index (χ2n) is 7.85. The van der Waals surface area contributed by atoms with Gasteiger partial charge in [0.2, 0.25) is 0 Å². The molecule has 0 aliphatic heterocycles. The Balaban J connectivity index is 1.69. The number of benzene rings is 2. The van der Waals surface area contributed by atoms with E-state index in [1.165, 1.54) is 68.1 Å². The minimum absolute atomic E-state index is 0.754. The lowest BCUT2D eigenvalue weighted by atomic mass is 9.75. The van der Waals surface area contributed by atoms with E-state index in [-0.39, 0.29) is 0 Å². The highest BCUT2D eigenvalue weighted by molar-refractivity contribution is 5.68. The highest BCUT2D eigenvalue weighted by Crippen LogP contribution is 2.41. The molecule has 0 spiro atoms. The molecule has 0 saturated heterocycles. The maximum absolute atomic E-state index is 2.38. The van der Waals surface area contributed by atoms with Gasteiger partial charge in [0.15, 0.2) is 0 Å². The molecule has 1 aliphatic carbocycles. The Kier molecular flexibility index (Phi) is 6.73. The van der Waals surface area contributed by atoms with Crippen molar-refractivity contribution in [3.8, 4) is 11.1 Å². The van der Waals surface area contributed by atoms with Crippen LogP contribution in [0.5, 0.6) is 0 Å². The fraction of sp³-hybridized carbons (Fsp3) is 0.520. The first-order valence-corrected chi connectivity index (χ1v) is 10.5. The van der Waals surface area contributed by atoms with Crippen LogP contribution < -0.4 is 0 Å². The van der Waals surface area contributed by atoms with Crippen LogP contribution in [0.25, 0.3) is 11.1 Å². The van der Waals surface area contributed by atoms with Gasteiger partial charge < -0.3 is 0 Å². The highest BCUT2D eigenvalue weighted by Gasteiger charge is 2.23. The Morgan fingerprint density at radius 2 is 1.52 bits per heavy atom. The zero-order chi connectivity index (χ0) is 17.5. The van der Waals surface area contributed by atoms with Crippen LogP contribution in [-0.2, 0) is 6.42 Å². The molecule has 0 nitrogen and oxygen atoms in total. The first-order chi connectivity index (χ1) is 12.3. The molecule has 0 radical (unpaired) electrons. The third kappa shape index (κ3) is 4.75. The number of aryl methyl sites for hydroxylation is 1. The van der Waals surface area contributed by atoms with Crippen molar-refractivity contribution in [2.75, 3.05) is 0 Å². The Hall–Kier alpha value is -1.56. The minimum Gasteiger partial charge on any atom is -0.0654 e. The highest BCUT2D eigenvalue weighted by atomic mass is 14.3. The summed E-state index contributed by atoms with van der Waals surface area (Å²) in [7, 11) is 0. The van der Waals surface area contributed by atoms with E-state index < -0.39 is 0 Å². The van der Waals surface area contributed by atoms with E-state index in [0.29, 0.717) is 0 Å². The number of hydrogen-bond donors (Lipinski definition) is 0. The third-order valence-electron chi connectivity index (χ3n) is 6.14. The summed E-state index contributed by atoms with van der Waals surface area (Å²) in [4.78, 5) is 0. The standard InChI is InChI=1S/C25H34/c1-3-5-6-9-21-14-18-23(19-15-21)25-11-8-7-10-24(25)22-16-12-20(4-2)13-17-22/h7-8,10-13,16-17,21,23H,3-6,9,14-15,18-19H2,1-2H3. The summed E-state index contributed by atoms with van der Waals surface area (Å²) in [6.07, 6.45) is 12.4. The maximum Gasteiger partial charge on any atom is -0.0149 e. The van der Waals surface area contributed by atoms with E-state index in [9.17, 15) is 0 Å². The van der Waals surface area contributed by atoms with E-state index >= 15 is 0 Å². The predicted molar refractivity (Wildman–Crippen MR) is 110 cm³/mol. The van der Waals surface area contributed by atoms with Gasteiger partial charge in [-0.25, -0.2) is 0 Å². The Bertz CT molecular complexity index is 629. The van der Waals surface area contributed by atoms with Crippen molar-refractivity contribution in [2.24, 2.45) is 5.92 Å². The van der Waals surface area contributed by atoms with Gasteiger partial charge in [-0.1, -0.05) is 88.1 Å². The maximum atomic E-state index is 2.38. The second-order valence-corrected chi connectivity index (χ2v) is 7.85. The normalized spacial score (nSPS) is 20.6. The third-order valence-corrected chi connectivity index (χ3v) is 6.14. The lowest BCUT2D eigenvalue weighted by Crippen LogP contribution is -2.14. The summed E-state index contributed by atoms with van der Waals surface area (Å²) in [5.41, 5.74) is 5.85. The Morgan fingerprint density at radius 3 is 2.20 bits per heavy atom. The van der Waals surface area contributed by atoms with Gasteiger partial charge in [-0.2, -0.15) is 0 Å². The molecule has 1 fully saturated rings. The largest absolute Gasteiger partial charge is 0.0654 e. The van der Waals surface area contributed by atoms with E-state index in [1.54, 1.807) is 5.56 Å². The predicted octanol–water partition coefficient (Wildman–Crippen LogP) is 7.77. The lowest BCUT2D eigenvalue weighted by Gasteiger charge is -2.30. The van der Waals surface area contributed by atoms with Crippen LogP contribution in [0.4, 0.5) is 0 Å². The molecule has 0 unspecified atom stereocenters. The van der Waals surface area contributed by atoms with Crippen LogP contribution in [0.1, 0.15) is 82.3 Å². The molecule has 0 amide bonds. The van der Waals surface area contributed by atoms with Crippen LogP contribution in [0.15, 0.2) is 48.5 Å². The molecular formula is C25H34. The zero-order valence-electron chi connectivity index (χ0n) is 16.1. The van der Waals surface area contributed by atoms with Gasteiger partial charge in [0.1, 0.15) is 0 Å². The number of unbranched alkanes of at least 4 members (excludes halogenated alkanes) is 2. The van der Waals surface area contributed by atoms with E-state index in [2.05, 4.69) is 62.4 Å². The molecule has 0 bridgehead atoms. The van der Waals surface area contributed by atoms with Gasteiger partial charge in [0, 0.05) is 0 Å². The van der Waals surface area contributed by atoms with Crippen molar-refractivity contribution < 1.29 is 0 Å². The summed E-state index contributed by atoms with van der Waals surface area (Å²) in [6, 6.07) is 18.3. The average Bonchev–Trinajstić information content (AvgIpc) is 2.69. The summed E-state index contributed by atoms with van der Waals surface area (Å²) in [5, 5.41) is 0. The molecule has 0 heteroatoms. The van der Waals surface area contributed by atoms with Gasteiger partial charge in [-0.15, -0.1) is 0 Å². The lowest BCUT2D eigenvalue weighted by molar-refractivity contribution is 0.303. The van der Waals surface area contributed by atoms with Crippen LogP contribution in [0, 0.1) is 5.92 Å². The number of hydrogen-bond acceptors (Lipinski definition) is 0. The average molecular weight is 335 g/mol. The Labute approximate surface area is 154 Å². The molecule has 134 valence electrons. The first kappa shape index (κ1) is 18.2. The summed E-state index contributed by atoms with van der Waals surface area (Å²) in [6.45, 7) is 4.53. The van der Waals surface area contributed by atoms with Crippen molar-refractivity contribution in [1.29, 1.82) is 0 Å². The summed E-state index contributed by atoms with van der Waals surface area (Å²) < 4.78 is 0. The molecule has 3 rings (SSSR count). The number of rotatable bonds is 7. The quantitative estimate of drug-likeness (QED) is 0.454. The molecule has 0 aromatic heterocycles. The molecule has 1 saturated carbocycles. The van der Waals surface area contributed by atoms with Crippen LogP contribution in [-0.4, -0.2) is 0 Å². The zero-order valence-corrected chi connectivity index (χ0v) is 16.1. The van der Waals surface area contributed by atoms with E-state index in [4.69, 9.17) is 0 Å².